The zero-order valence-electron chi connectivity index (χ0n) is 11.5. The monoisotopic (exact) mass is 241 g/mol. The van der Waals surface area contributed by atoms with Crippen LogP contribution in [-0.4, -0.2) is 35.6 Å². The van der Waals surface area contributed by atoms with Gasteiger partial charge in [-0.1, -0.05) is 33.1 Å². The first-order valence-corrected chi connectivity index (χ1v) is 6.95. The van der Waals surface area contributed by atoms with Crippen molar-refractivity contribution < 1.29 is 9.90 Å². The van der Waals surface area contributed by atoms with Gasteiger partial charge in [0.2, 0.25) is 0 Å². The molecule has 0 aliphatic heterocycles. The highest BCUT2D eigenvalue weighted by Gasteiger charge is 2.32. The number of carbonyl (C=O) groups is 1. The van der Waals surface area contributed by atoms with Crippen molar-refractivity contribution in [1.29, 1.82) is 0 Å². The quantitative estimate of drug-likeness (QED) is 0.777. The van der Waals surface area contributed by atoms with E-state index in [1.54, 1.807) is 0 Å². The molecule has 3 heteroatoms. The topological polar surface area (TPSA) is 40.5 Å². The van der Waals surface area contributed by atoms with Gasteiger partial charge in [-0.2, -0.15) is 0 Å². The van der Waals surface area contributed by atoms with E-state index < -0.39 is 5.97 Å². The molecule has 1 fully saturated rings. The van der Waals surface area contributed by atoms with Gasteiger partial charge in [0.15, 0.2) is 0 Å². The molecule has 0 unspecified atom stereocenters. The van der Waals surface area contributed by atoms with E-state index in [2.05, 4.69) is 18.7 Å². The van der Waals surface area contributed by atoms with Crippen molar-refractivity contribution in [3.63, 3.8) is 0 Å². The van der Waals surface area contributed by atoms with Gasteiger partial charge in [-0.15, -0.1) is 0 Å². The Morgan fingerprint density at radius 2 is 1.88 bits per heavy atom. The molecule has 0 amide bonds. The van der Waals surface area contributed by atoms with Gasteiger partial charge in [-0.05, 0) is 44.7 Å². The zero-order chi connectivity index (χ0) is 12.8. The van der Waals surface area contributed by atoms with Crippen molar-refractivity contribution in [2.45, 2.75) is 58.4 Å². The number of carboxylic acids is 1. The summed E-state index contributed by atoms with van der Waals surface area (Å²) in [6.07, 6.45) is 6.93. The first kappa shape index (κ1) is 14.5. The van der Waals surface area contributed by atoms with Gasteiger partial charge in [-0.3, -0.25) is 9.69 Å². The third-order valence-electron chi connectivity index (χ3n) is 3.88. The summed E-state index contributed by atoms with van der Waals surface area (Å²) in [6.45, 7) is 5.26. The third kappa shape index (κ3) is 4.66. The number of hydrogen-bond donors (Lipinski definition) is 1. The molecule has 0 saturated heterocycles. The summed E-state index contributed by atoms with van der Waals surface area (Å²) in [7, 11) is 1.97. The molecule has 1 aliphatic rings. The van der Waals surface area contributed by atoms with E-state index in [4.69, 9.17) is 0 Å². The minimum absolute atomic E-state index is 0.269. The van der Waals surface area contributed by atoms with E-state index in [1.807, 2.05) is 7.05 Å². The first-order valence-electron chi connectivity index (χ1n) is 6.95. The highest BCUT2D eigenvalue weighted by Crippen LogP contribution is 2.29. The fourth-order valence-corrected chi connectivity index (χ4v) is 2.80. The molecule has 1 saturated carbocycles. The molecule has 3 nitrogen and oxygen atoms in total. The molecule has 0 heterocycles. The van der Waals surface area contributed by atoms with E-state index in [1.165, 1.54) is 19.3 Å². The Morgan fingerprint density at radius 1 is 1.29 bits per heavy atom. The van der Waals surface area contributed by atoms with Crippen molar-refractivity contribution in [1.82, 2.24) is 4.90 Å². The van der Waals surface area contributed by atoms with Gasteiger partial charge in [0, 0.05) is 0 Å². The average Bonchev–Trinajstić information content (AvgIpc) is 2.27. The fraction of sp³-hybridized carbons (Fsp3) is 0.929. The predicted molar refractivity (Wildman–Crippen MR) is 70.1 cm³/mol. The molecule has 1 N–H and O–H groups in total. The highest BCUT2D eigenvalue weighted by molar-refractivity contribution is 5.73. The second-order valence-electron chi connectivity index (χ2n) is 5.84. The van der Waals surface area contributed by atoms with Crippen molar-refractivity contribution in [3.05, 3.63) is 0 Å². The van der Waals surface area contributed by atoms with Gasteiger partial charge in [0.05, 0.1) is 0 Å². The van der Waals surface area contributed by atoms with Crippen LogP contribution in [0, 0.1) is 11.8 Å². The van der Waals surface area contributed by atoms with Gasteiger partial charge < -0.3 is 5.11 Å². The maximum absolute atomic E-state index is 11.4. The number of nitrogens with zero attached hydrogens (tertiary/aromatic N) is 1. The summed E-state index contributed by atoms with van der Waals surface area (Å²) in [6, 6.07) is -0.269. The maximum atomic E-state index is 11.4. The van der Waals surface area contributed by atoms with Crippen LogP contribution < -0.4 is 0 Å². The van der Waals surface area contributed by atoms with Gasteiger partial charge in [-0.25, -0.2) is 0 Å². The van der Waals surface area contributed by atoms with Gasteiger partial charge in [0.1, 0.15) is 6.04 Å². The second kappa shape index (κ2) is 7.00. The molecular weight excluding hydrogens is 214 g/mol. The first-order chi connectivity index (χ1) is 8.02. The van der Waals surface area contributed by atoms with E-state index in [0.29, 0.717) is 11.8 Å². The van der Waals surface area contributed by atoms with Crippen LogP contribution in [0.15, 0.2) is 0 Å². The lowest BCUT2D eigenvalue weighted by atomic mass is 9.83. The lowest BCUT2D eigenvalue weighted by Crippen LogP contribution is -2.45. The summed E-state index contributed by atoms with van der Waals surface area (Å²) in [4.78, 5) is 13.5. The Labute approximate surface area is 105 Å². The summed E-state index contributed by atoms with van der Waals surface area (Å²) >= 11 is 0. The average molecular weight is 241 g/mol. The van der Waals surface area contributed by atoms with Gasteiger partial charge >= 0.3 is 5.97 Å². The highest BCUT2D eigenvalue weighted by atomic mass is 16.4. The fourth-order valence-electron chi connectivity index (χ4n) is 2.80. The van der Waals surface area contributed by atoms with Crippen LogP contribution in [0.4, 0.5) is 0 Å². The smallest absolute Gasteiger partial charge is 0.321 e. The number of aliphatic carboxylic acids is 1. The Balaban J connectivity index is 2.54. The molecule has 17 heavy (non-hydrogen) atoms. The Hall–Kier alpha value is -0.570. The van der Waals surface area contributed by atoms with E-state index in [0.717, 1.165) is 25.8 Å². The van der Waals surface area contributed by atoms with Gasteiger partial charge in [0.25, 0.3) is 0 Å². The van der Waals surface area contributed by atoms with Crippen LogP contribution in [0.1, 0.15) is 52.4 Å². The molecule has 100 valence electrons. The minimum atomic E-state index is -0.636. The summed E-state index contributed by atoms with van der Waals surface area (Å²) in [5.74, 6) is 0.361. The minimum Gasteiger partial charge on any atom is -0.480 e. The molecule has 0 aromatic heterocycles. The summed E-state index contributed by atoms with van der Waals surface area (Å²) in [5.41, 5.74) is 0. The lowest BCUT2D eigenvalue weighted by Gasteiger charge is -2.34. The lowest BCUT2D eigenvalue weighted by molar-refractivity contribution is -0.145. The molecule has 1 atom stereocenters. The molecule has 0 spiro atoms. The Bertz CT molecular complexity index is 234. The van der Waals surface area contributed by atoms with Crippen molar-refractivity contribution >= 4 is 5.97 Å². The predicted octanol–water partition coefficient (Wildman–Crippen LogP) is 3.00. The normalized spacial score (nSPS) is 19.8. The van der Waals surface area contributed by atoms with Crippen LogP contribution in [-0.2, 0) is 4.79 Å². The van der Waals surface area contributed by atoms with E-state index >= 15 is 0 Å². The molecular formula is C14H27NO2. The molecule has 0 radical (unpaired) electrons. The van der Waals surface area contributed by atoms with Crippen LogP contribution in [0.2, 0.25) is 0 Å². The van der Waals surface area contributed by atoms with Crippen LogP contribution in [0.5, 0.6) is 0 Å². The molecule has 0 aromatic rings. The SMILES string of the molecule is CC(C)CCN(C)[C@H](C(=O)O)C1CCCCC1. The standard InChI is InChI=1S/C14H27NO2/c1-11(2)9-10-15(3)13(14(16)17)12-7-5-4-6-8-12/h11-13H,4-10H2,1-3H3,(H,16,17)/t13-/m0/s1. The largest absolute Gasteiger partial charge is 0.480 e. The second-order valence-corrected chi connectivity index (χ2v) is 5.84. The van der Waals surface area contributed by atoms with Crippen molar-refractivity contribution in [2.24, 2.45) is 11.8 Å². The number of carboxylic acid groups (broad SMARTS) is 1. The van der Waals surface area contributed by atoms with Crippen LogP contribution in [0.25, 0.3) is 0 Å². The van der Waals surface area contributed by atoms with Crippen molar-refractivity contribution in [3.8, 4) is 0 Å². The number of rotatable bonds is 6. The molecule has 0 aromatic carbocycles. The molecule has 1 rings (SSSR count). The van der Waals surface area contributed by atoms with E-state index in [-0.39, 0.29) is 6.04 Å². The third-order valence-corrected chi connectivity index (χ3v) is 3.88. The Kier molecular flexibility index (Phi) is 5.96. The van der Waals surface area contributed by atoms with E-state index in [9.17, 15) is 9.90 Å². The molecule has 0 bridgehead atoms. The molecule has 1 aliphatic carbocycles. The summed E-state index contributed by atoms with van der Waals surface area (Å²) in [5, 5.41) is 9.42. The number of hydrogen-bond acceptors (Lipinski definition) is 2. The van der Waals surface area contributed by atoms with Crippen molar-refractivity contribution in [2.75, 3.05) is 13.6 Å². The summed E-state index contributed by atoms with van der Waals surface area (Å²) < 4.78 is 0. The number of likely N-dealkylation sites (N-methyl/N-ethyl adjacent to an activating group) is 1. The van der Waals surface area contributed by atoms with Crippen LogP contribution >= 0.6 is 0 Å². The Morgan fingerprint density at radius 3 is 2.35 bits per heavy atom. The zero-order valence-corrected chi connectivity index (χ0v) is 11.5. The van der Waals surface area contributed by atoms with Crippen LogP contribution in [0.3, 0.4) is 0 Å². The maximum Gasteiger partial charge on any atom is 0.321 e.